The van der Waals surface area contributed by atoms with Crippen LogP contribution < -0.4 is 0 Å². The van der Waals surface area contributed by atoms with Gasteiger partial charge in [-0.05, 0) is 6.42 Å². The molecule has 45 heavy (non-hydrogen) atoms. The lowest BCUT2D eigenvalue weighted by Gasteiger charge is -2.24. The van der Waals surface area contributed by atoms with Gasteiger partial charge < -0.3 is 54.3 Å². The first-order chi connectivity index (χ1) is 21.3. The van der Waals surface area contributed by atoms with E-state index in [1.54, 1.807) is 0 Å². The number of esters is 2. The minimum atomic E-state index is -0.981. The molecule has 0 heterocycles. The van der Waals surface area contributed by atoms with E-state index >= 15 is 0 Å². The third-order valence-corrected chi connectivity index (χ3v) is 4.30. The highest BCUT2D eigenvalue weighted by atomic mass is 16.6. The summed E-state index contributed by atoms with van der Waals surface area (Å²) in [5.41, 5.74) is -0.667. The van der Waals surface area contributed by atoms with Gasteiger partial charge in [-0.3, -0.25) is 0 Å². The van der Waals surface area contributed by atoms with E-state index in [9.17, 15) is 24.0 Å². The third kappa shape index (κ3) is 49.8. The van der Waals surface area contributed by atoms with Crippen molar-refractivity contribution in [2.75, 3.05) is 72.7 Å². The molecule has 6 N–H and O–H groups in total. The minimum absolute atomic E-state index is 0.156. The molecule has 0 amide bonds. The van der Waals surface area contributed by atoms with Gasteiger partial charge in [-0.2, -0.15) is 0 Å². The zero-order chi connectivity index (χ0) is 35.9. The van der Waals surface area contributed by atoms with E-state index in [0.717, 1.165) is 30.4 Å². The summed E-state index contributed by atoms with van der Waals surface area (Å²) < 4.78 is 25.0. The lowest BCUT2D eigenvalue weighted by molar-refractivity contribution is -0.140. The molecule has 0 radical (unpaired) electrons. The Balaban J connectivity index is -0.000000181. The average Bonchev–Trinajstić information content (AvgIpc) is 3.05. The van der Waals surface area contributed by atoms with Crippen molar-refractivity contribution in [3.63, 3.8) is 0 Å². The Hall–Kier alpha value is -4.19. The van der Waals surface area contributed by atoms with Crippen LogP contribution in [-0.4, -0.2) is 133 Å². The van der Waals surface area contributed by atoms with E-state index < -0.39 is 35.3 Å². The van der Waals surface area contributed by atoms with E-state index in [1.165, 1.54) is 0 Å². The Labute approximate surface area is 263 Å². The molecule has 16 nitrogen and oxygen atoms in total. The average molecular weight is 653 g/mol. The number of aliphatic hydroxyl groups is 3. The number of carboxylic acids is 3. The van der Waals surface area contributed by atoms with Crippen LogP contribution in [0.5, 0.6) is 0 Å². The second kappa shape index (κ2) is 39.8. The summed E-state index contributed by atoms with van der Waals surface area (Å²) in [6.07, 6.45) is 5.29. The van der Waals surface area contributed by atoms with Crippen molar-refractivity contribution in [3.8, 4) is 0 Å². The van der Waals surface area contributed by atoms with Crippen LogP contribution in [0.15, 0.2) is 63.3 Å². The quantitative estimate of drug-likeness (QED) is 0.0564. The zero-order valence-electron chi connectivity index (χ0n) is 25.7. The molecule has 0 bridgehead atoms. The van der Waals surface area contributed by atoms with Crippen molar-refractivity contribution in [2.45, 2.75) is 13.3 Å². The molecule has 260 valence electrons. The zero-order valence-corrected chi connectivity index (χ0v) is 25.7. The van der Waals surface area contributed by atoms with E-state index in [2.05, 4.69) is 32.9 Å². The largest absolute Gasteiger partial charge is 0.478 e. The fourth-order valence-corrected chi connectivity index (χ4v) is 1.55. The van der Waals surface area contributed by atoms with Gasteiger partial charge in [-0.1, -0.05) is 39.8 Å². The lowest BCUT2D eigenvalue weighted by atomic mass is 9.88. The van der Waals surface area contributed by atoms with Gasteiger partial charge in [0.15, 0.2) is 0 Å². The van der Waals surface area contributed by atoms with Crippen molar-refractivity contribution in [1.29, 1.82) is 0 Å². The number of rotatable bonds is 21. The summed E-state index contributed by atoms with van der Waals surface area (Å²) >= 11 is 0. The molecular formula is C29H48O16. The molecule has 0 unspecified atom stereocenters. The molecule has 0 fully saturated rings. The van der Waals surface area contributed by atoms with E-state index in [0.29, 0.717) is 46.1 Å². The minimum Gasteiger partial charge on any atom is -0.478 e. The molecule has 0 saturated heterocycles. The Morgan fingerprint density at radius 3 is 0.867 bits per heavy atom. The second-order valence-corrected chi connectivity index (χ2v) is 7.54. The monoisotopic (exact) mass is 652 g/mol. The Morgan fingerprint density at radius 1 is 0.511 bits per heavy atom. The smallest absolute Gasteiger partial charge is 0.330 e. The molecule has 0 rings (SSSR count). The van der Waals surface area contributed by atoms with Crippen molar-refractivity contribution >= 4 is 29.8 Å². The van der Waals surface area contributed by atoms with Gasteiger partial charge in [0, 0.05) is 35.8 Å². The van der Waals surface area contributed by atoms with Crippen LogP contribution in [0.3, 0.4) is 0 Å². The van der Waals surface area contributed by atoms with Crippen molar-refractivity contribution in [2.24, 2.45) is 5.41 Å². The van der Waals surface area contributed by atoms with Gasteiger partial charge >= 0.3 is 29.8 Å². The highest BCUT2D eigenvalue weighted by Gasteiger charge is 2.24. The van der Waals surface area contributed by atoms with Crippen LogP contribution in [0.25, 0.3) is 0 Å². The number of aliphatic carboxylic acids is 3. The summed E-state index contributed by atoms with van der Waals surface area (Å²) in [7, 11) is 0. The number of carbonyl (C=O) groups is 5. The molecule has 0 aliphatic heterocycles. The molecule has 0 aromatic carbocycles. The SMILES string of the molecule is C=CC(=O)O.C=CC(=O)O.C=CC(=O)O.C=CC(=O)OCCOCCOCCOCCOC(=O)C=C.CCC(CO)(CO)CO. The van der Waals surface area contributed by atoms with Crippen molar-refractivity contribution < 1.29 is 78.3 Å². The highest BCUT2D eigenvalue weighted by Crippen LogP contribution is 2.18. The van der Waals surface area contributed by atoms with Gasteiger partial charge in [0.2, 0.25) is 0 Å². The molecule has 16 heteroatoms. The fourth-order valence-electron chi connectivity index (χ4n) is 1.55. The van der Waals surface area contributed by atoms with Crippen LogP contribution in [0.1, 0.15) is 13.3 Å². The van der Waals surface area contributed by atoms with Crippen LogP contribution >= 0.6 is 0 Å². The predicted molar refractivity (Wildman–Crippen MR) is 162 cm³/mol. The number of aliphatic hydroxyl groups excluding tert-OH is 3. The Bertz CT molecular complexity index is 744. The predicted octanol–water partition coefficient (Wildman–Crippen LogP) is 0.625. The van der Waals surface area contributed by atoms with Crippen LogP contribution in [-0.2, 0) is 47.7 Å². The maximum atomic E-state index is 10.7. The van der Waals surface area contributed by atoms with E-state index in [4.69, 9.17) is 54.3 Å². The fraction of sp³-hybridized carbons (Fsp3) is 0.483. The maximum absolute atomic E-state index is 10.7. The third-order valence-electron chi connectivity index (χ3n) is 4.30. The van der Waals surface area contributed by atoms with Crippen LogP contribution in [0, 0.1) is 5.41 Å². The molecule has 0 saturated carbocycles. The molecule has 0 spiro atoms. The van der Waals surface area contributed by atoms with Gasteiger partial charge in [0.25, 0.3) is 0 Å². The molecule has 0 aliphatic rings. The second-order valence-electron chi connectivity index (χ2n) is 7.54. The van der Waals surface area contributed by atoms with Crippen molar-refractivity contribution in [3.05, 3.63) is 63.3 Å². The molecule has 0 atom stereocenters. The number of hydrogen-bond acceptors (Lipinski definition) is 13. The maximum Gasteiger partial charge on any atom is 0.330 e. The number of carboxylic acid groups (broad SMARTS) is 3. The topological polar surface area (TPSA) is 253 Å². The molecule has 0 aromatic rings. The summed E-state index contributed by atoms with van der Waals surface area (Å²) in [4.78, 5) is 49.1. The standard InChI is InChI=1S/C14H22O7.C6H14O3.3C3H4O2/c1-3-13(15)20-11-9-18-7-5-17-6-8-19-10-12-21-14(16)4-2;1-2-6(3-7,4-8)5-9;3*1-2-3(4)5/h3-4H,1-2,5-12H2;7-9H,2-5H2,1H3;3*2H,1H2,(H,4,5). The van der Waals surface area contributed by atoms with Gasteiger partial charge in [-0.15, -0.1) is 0 Å². The molecule has 0 aromatic heterocycles. The van der Waals surface area contributed by atoms with Crippen molar-refractivity contribution in [1.82, 2.24) is 0 Å². The van der Waals surface area contributed by atoms with Gasteiger partial charge in [-0.25, -0.2) is 24.0 Å². The van der Waals surface area contributed by atoms with E-state index in [1.807, 2.05) is 6.92 Å². The summed E-state index contributed by atoms with van der Waals surface area (Å²) in [5.74, 6) is -3.88. The molecular weight excluding hydrogens is 604 g/mol. The first-order valence-electron chi connectivity index (χ1n) is 13.0. The number of hydrogen-bond donors (Lipinski definition) is 6. The Morgan fingerprint density at radius 2 is 0.733 bits per heavy atom. The van der Waals surface area contributed by atoms with E-state index in [-0.39, 0.29) is 33.0 Å². The van der Waals surface area contributed by atoms with Crippen LogP contribution in [0.2, 0.25) is 0 Å². The Kier molecular flexibility index (Phi) is 44.6. The van der Waals surface area contributed by atoms with Gasteiger partial charge in [0.1, 0.15) is 13.2 Å². The first-order valence-corrected chi connectivity index (χ1v) is 13.0. The molecule has 0 aliphatic carbocycles. The summed E-state index contributed by atoms with van der Waals surface area (Å²) in [5, 5.41) is 48.8. The number of ether oxygens (including phenoxy) is 5. The summed E-state index contributed by atoms with van der Waals surface area (Å²) in [6, 6.07) is 0. The lowest BCUT2D eigenvalue weighted by Crippen LogP contribution is -2.32. The van der Waals surface area contributed by atoms with Crippen LogP contribution in [0.4, 0.5) is 0 Å². The number of carbonyl (C=O) groups excluding carboxylic acids is 2. The normalized spacial score (nSPS) is 9.16. The van der Waals surface area contributed by atoms with Gasteiger partial charge in [0.05, 0.1) is 59.5 Å². The summed E-state index contributed by atoms with van der Waals surface area (Å²) in [6.45, 7) is 19.4. The first kappa shape index (κ1) is 50.4. The highest BCUT2D eigenvalue weighted by molar-refractivity contribution is 5.81.